The molecule has 0 amide bonds. The fraction of sp³-hybridized carbons (Fsp3) is 0.250. The van der Waals surface area contributed by atoms with Gasteiger partial charge in [-0.3, -0.25) is 0 Å². The van der Waals surface area contributed by atoms with Crippen molar-refractivity contribution in [1.29, 1.82) is 0 Å². The normalized spacial score (nSPS) is 12.2. The van der Waals surface area contributed by atoms with Crippen LogP contribution < -0.4 is 4.74 Å². The Morgan fingerprint density at radius 1 is 1.16 bits per heavy atom. The summed E-state index contributed by atoms with van der Waals surface area (Å²) in [6.07, 6.45) is 0.784. The minimum Gasteiger partial charge on any atom is -0.495 e. The van der Waals surface area contributed by atoms with Gasteiger partial charge in [-0.2, -0.15) is 0 Å². The van der Waals surface area contributed by atoms with Crippen LogP contribution in [0.4, 0.5) is 0 Å². The van der Waals surface area contributed by atoms with Crippen molar-refractivity contribution in [3.8, 4) is 5.75 Å². The molecule has 1 atom stereocenters. The van der Waals surface area contributed by atoms with E-state index in [0.29, 0.717) is 10.8 Å². The molecule has 100 valence electrons. The Morgan fingerprint density at radius 3 is 2.58 bits per heavy atom. The van der Waals surface area contributed by atoms with E-state index in [0.717, 1.165) is 12.0 Å². The zero-order valence-corrected chi connectivity index (χ0v) is 12.5. The highest BCUT2D eigenvalue weighted by molar-refractivity contribution is 6.32. The topological polar surface area (TPSA) is 9.23 Å². The lowest BCUT2D eigenvalue weighted by Crippen LogP contribution is -1.97. The molecule has 3 heteroatoms. The third kappa shape index (κ3) is 3.65. The van der Waals surface area contributed by atoms with Crippen molar-refractivity contribution in [3.05, 3.63) is 64.2 Å². The molecule has 1 nitrogen and oxygen atoms in total. The molecule has 0 aliphatic heterocycles. The maximum atomic E-state index is 6.46. The molecule has 2 rings (SSSR count). The molecule has 0 N–H and O–H groups in total. The smallest absolute Gasteiger partial charge is 0.137 e. The van der Waals surface area contributed by atoms with Gasteiger partial charge in [0.1, 0.15) is 5.75 Å². The van der Waals surface area contributed by atoms with Crippen LogP contribution in [0.15, 0.2) is 42.5 Å². The molecular weight excluding hydrogens is 279 g/mol. The maximum absolute atomic E-state index is 6.46. The maximum Gasteiger partial charge on any atom is 0.137 e. The minimum absolute atomic E-state index is 0.0924. The molecule has 0 bridgehead atoms. The molecule has 0 aromatic heterocycles. The van der Waals surface area contributed by atoms with Gasteiger partial charge >= 0.3 is 0 Å². The van der Waals surface area contributed by atoms with Gasteiger partial charge in [-0.05, 0) is 36.6 Å². The second-order valence-corrected chi connectivity index (χ2v) is 5.49. The number of rotatable bonds is 4. The van der Waals surface area contributed by atoms with Crippen LogP contribution in [0, 0.1) is 6.92 Å². The average molecular weight is 295 g/mol. The number of benzene rings is 2. The molecule has 19 heavy (non-hydrogen) atoms. The number of methoxy groups -OCH3 is 1. The molecule has 2 aromatic rings. The summed E-state index contributed by atoms with van der Waals surface area (Å²) in [6, 6.07) is 14.1. The standard InChI is InChI=1S/C16H16Cl2O/c1-11-4-3-5-12(8-11)9-14(17)13-6-7-16(19-2)15(18)10-13/h3-8,10,14H,9H2,1-2H3. The van der Waals surface area contributed by atoms with Gasteiger partial charge in [-0.15, -0.1) is 11.6 Å². The fourth-order valence-electron chi connectivity index (χ4n) is 2.04. The number of alkyl halides is 1. The predicted molar refractivity (Wildman–Crippen MR) is 81.5 cm³/mol. The van der Waals surface area contributed by atoms with Crippen molar-refractivity contribution in [1.82, 2.24) is 0 Å². The molecule has 0 saturated heterocycles. The highest BCUT2D eigenvalue weighted by Crippen LogP contribution is 2.31. The molecule has 1 unspecified atom stereocenters. The molecule has 0 aliphatic rings. The van der Waals surface area contributed by atoms with E-state index in [1.165, 1.54) is 11.1 Å². The number of halogens is 2. The van der Waals surface area contributed by atoms with E-state index in [9.17, 15) is 0 Å². The first kappa shape index (κ1) is 14.2. The van der Waals surface area contributed by atoms with Crippen LogP contribution in [-0.4, -0.2) is 7.11 Å². The first-order chi connectivity index (χ1) is 9.10. The van der Waals surface area contributed by atoms with Crippen LogP contribution in [0.1, 0.15) is 22.1 Å². The predicted octanol–water partition coefficient (Wildman–Crippen LogP) is 5.18. The Hall–Kier alpha value is -1.18. The van der Waals surface area contributed by atoms with Gasteiger partial charge in [0, 0.05) is 0 Å². The monoisotopic (exact) mass is 294 g/mol. The third-order valence-corrected chi connectivity index (χ3v) is 3.74. The summed E-state index contributed by atoms with van der Waals surface area (Å²) in [5, 5.41) is 0.500. The van der Waals surface area contributed by atoms with Crippen LogP contribution in [-0.2, 0) is 6.42 Å². The summed E-state index contributed by atoms with van der Waals surface area (Å²) < 4.78 is 5.14. The van der Waals surface area contributed by atoms with E-state index in [1.54, 1.807) is 7.11 Å². The van der Waals surface area contributed by atoms with Crippen molar-refractivity contribution in [2.24, 2.45) is 0 Å². The molecular formula is C16H16Cl2O. The van der Waals surface area contributed by atoms with Gasteiger partial charge < -0.3 is 4.74 Å². The largest absolute Gasteiger partial charge is 0.495 e. The molecule has 0 fully saturated rings. The molecule has 0 radical (unpaired) electrons. The van der Waals surface area contributed by atoms with Crippen LogP contribution in [0.5, 0.6) is 5.75 Å². The third-order valence-electron chi connectivity index (χ3n) is 3.03. The van der Waals surface area contributed by atoms with Gasteiger partial charge in [-0.25, -0.2) is 0 Å². The summed E-state index contributed by atoms with van der Waals surface area (Å²) in [5.74, 6) is 0.671. The second-order valence-electron chi connectivity index (χ2n) is 4.55. The zero-order valence-electron chi connectivity index (χ0n) is 11.0. The molecule has 0 aliphatic carbocycles. The molecule has 0 spiro atoms. The Balaban J connectivity index is 2.15. The van der Waals surface area contributed by atoms with Crippen molar-refractivity contribution in [2.45, 2.75) is 18.7 Å². The van der Waals surface area contributed by atoms with Gasteiger partial charge in [0.15, 0.2) is 0 Å². The lowest BCUT2D eigenvalue weighted by Gasteiger charge is -2.12. The van der Waals surface area contributed by atoms with Crippen LogP contribution in [0.25, 0.3) is 0 Å². The Kier molecular flexibility index (Phi) is 4.73. The first-order valence-electron chi connectivity index (χ1n) is 6.13. The van der Waals surface area contributed by atoms with E-state index < -0.39 is 0 Å². The minimum atomic E-state index is -0.0924. The van der Waals surface area contributed by atoms with Gasteiger partial charge in [-0.1, -0.05) is 47.5 Å². The van der Waals surface area contributed by atoms with Crippen LogP contribution in [0.2, 0.25) is 5.02 Å². The van der Waals surface area contributed by atoms with Gasteiger partial charge in [0.2, 0.25) is 0 Å². The quantitative estimate of drug-likeness (QED) is 0.706. The van der Waals surface area contributed by atoms with Crippen molar-refractivity contribution in [3.63, 3.8) is 0 Å². The molecule has 2 aromatic carbocycles. The number of hydrogen-bond acceptors (Lipinski definition) is 1. The SMILES string of the molecule is COc1ccc(C(Cl)Cc2cccc(C)c2)cc1Cl. The summed E-state index contributed by atoms with van der Waals surface area (Å²) in [5.41, 5.74) is 3.48. The number of hydrogen-bond donors (Lipinski definition) is 0. The fourth-order valence-corrected chi connectivity index (χ4v) is 2.62. The summed E-state index contributed by atoms with van der Waals surface area (Å²) >= 11 is 12.6. The molecule has 0 saturated carbocycles. The van der Waals surface area contributed by atoms with E-state index in [2.05, 4.69) is 31.2 Å². The van der Waals surface area contributed by atoms with Crippen LogP contribution >= 0.6 is 23.2 Å². The van der Waals surface area contributed by atoms with Crippen molar-refractivity contribution in [2.75, 3.05) is 7.11 Å². The van der Waals surface area contributed by atoms with Crippen LogP contribution in [0.3, 0.4) is 0 Å². The lowest BCUT2D eigenvalue weighted by atomic mass is 10.0. The Morgan fingerprint density at radius 2 is 1.95 bits per heavy atom. The first-order valence-corrected chi connectivity index (χ1v) is 6.94. The Labute approximate surface area is 124 Å². The summed E-state index contributed by atoms with van der Waals surface area (Å²) in [4.78, 5) is 0. The van der Waals surface area contributed by atoms with Crippen molar-refractivity contribution < 1.29 is 4.74 Å². The van der Waals surface area contributed by atoms with E-state index in [4.69, 9.17) is 27.9 Å². The molecule has 0 heterocycles. The highest BCUT2D eigenvalue weighted by atomic mass is 35.5. The van der Waals surface area contributed by atoms with Gasteiger partial charge in [0.05, 0.1) is 17.5 Å². The number of aryl methyl sites for hydroxylation is 1. The Bertz CT molecular complexity index is 566. The second kappa shape index (κ2) is 6.31. The summed E-state index contributed by atoms with van der Waals surface area (Å²) in [7, 11) is 1.60. The zero-order chi connectivity index (χ0) is 13.8. The van der Waals surface area contributed by atoms with E-state index in [1.807, 2.05) is 18.2 Å². The number of ether oxygens (including phenoxy) is 1. The highest BCUT2D eigenvalue weighted by Gasteiger charge is 2.11. The van der Waals surface area contributed by atoms with E-state index in [-0.39, 0.29) is 5.38 Å². The summed E-state index contributed by atoms with van der Waals surface area (Å²) in [6.45, 7) is 2.08. The van der Waals surface area contributed by atoms with Gasteiger partial charge in [0.25, 0.3) is 0 Å². The lowest BCUT2D eigenvalue weighted by molar-refractivity contribution is 0.415. The van der Waals surface area contributed by atoms with E-state index >= 15 is 0 Å². The average Bonchev–Trinajstić information content (AvgIpc) is 2.38. The van der Waals surface area contributed by atoms with Crippen molar-refractivity contribution >= 4 is 23.2 Å².